The van der Waals surface area contributed by atoms with Crippen LogP contribution >= 0.6 is 0 Å². The minimum atomic E-state index is -3.48. The van der Waals surface area contributed by atoms with E-state index < -0.39 is 120 Å². The van der Waals surface area contributed by atoms with E-state index in [9.17, 15) is 39.0 Å². The monoisotopic (exact) mass is 1680 g/mol. The maximum Gasteiger partial charge on any atom is 0.471 e. The highest BCUT2D eigenvalue weighted by atomic mass is 28.4. The minimum absolute atomic E-state index is 0.00759. The molecule has 0 aromatic heterocycles. The Kier molecular flexibility index (Phi) is 26.1. The summed E-state index contributed by atoms with van der Waals surface area (Å²) in [4.78, 5) is 105. The van der Waals surface area contributed by atoms with Crippen LogP contribution in [0, 0.1) is 13.8 Å². The van der Waals surface area contributed by atoms with Crippen LogP contribution in [0.3, 0.4) is 0 Å². The second-order valence-electron chi connectivity index (χ2n) is 40.2. The summed E-state index contributed by atoms with van der Waals surface area (Å²) >= 11 is 0. The molecular formula is C89H128O23Si4. The van der Waals surface area contributed by atoms with Crippen molar-refractivity contribution in [3.05, 3.63) is 97.6 Å². The second-order valence-corrected chi connectivity index (χ2v) is 59.0. The number of methoxy groups -OCH3 is 1. The molecule has 2 saturated heterocycles. The molecule has 12 atom stereocenters. The van der Waals surface area contributed by atoms with Gasteiger partial charge in [0.05, 0.1) is 77.3 Å². The first-order valence-electron chi connectivity index (χ1n) is 40.4. The van der Waals surface area contributed by atoms with Crippen LogP contribution in [0.5, 0.6) is 28.7 Å². The van der Waals surface area contributed by atoms with E-state index in [1.807, 2.05) is 85.7 Å². The molecule has 11 rings (SSSR count). The fourth-order valence-electron chi connectivity index (χ4n) is 17.4. The first kappa shape index (κ1) is 93.0. The van der Waals surface area contributed by atoms with Gasteiger partial charge in [0.2, 0.25) is 0 Å². The Bertz CT molecular complexity index is 4620. The highest BCUT2D eigenvalue weighted by molar-refractivity contribution is 6.77. The van der Waals surface area contributed by atoms with E-state index in [0.29, 0.717) is 96.0 Å². The van der Waals surface area contributed by atoms with Gasteiger partial charge in [-0.1, -0.05) is 137 Å². The molecule has 2 N–H and O–H groups in total. The molecule has 2 aliphatic carbocycles. The Morgan fingerprint density at radius 3 is 1.22 bits per heavy atom. The van der Waals surface area contributed by atoms with E-state index >= 15 is 9.59 Å². The molecule has 638 valence electrons. The van der Waals surface area contributed by atoms with Gasteiger partial charge in [0, 0.05) is 92.7 Å². The van der Waals surface area contributed by atoms with Crippen LogP contribution in [0.1, 0.15) is 301 Å². The number of benzene rings is 5. The van der Waals surface area contributed by atoms with Gasteiger partial charge in [-0.15, -0.1) is 0 Å². The second kappa shape index (κ2) is 32.6. The molecule has 5 aromatic carbocycles. The van der Waals surface area contributed by atoms with Crippen LogP contribution < -0.4 is 22.4 Å². The van der Waals surface area contributed by atoms with Crippen molar-refractivity contribution in [2.75, 3.05) is 7.11 Å². The number of carbonyl (C=O) groups excluding carboxylic acids is 8. The van der Waals surface area contributed by atoms with Gasteiger partial charge >= 0.3 is 29.1 Å². The van der Waals surface area contributed by atoms with E-state index in [-0.39, 0.29) is 82.6 Å². The van der Waals surface area contributed by atoms with E-state index in [1.54, 1.807) is 47.8 Å². The minimum Gasteiger partial charge on any atom is -0.510 e. The predicted molar refractivity (Wildman–Crippen MR) is 454 cm³/mol. The number of aldehydes is 4. The van der Waals surface area contributed by atoms with Gasteiger partial charge in [-0.05, 0) is 126 Å². The molecule has 0 spiro atoms. The van der Waals surface area contributed by atoms with Crippen molar-refractivity contribution in [1.82, 2.24) is 0 Å². The quantitative estimate of drug-likeness (QED) is 0.0527. The smallest absolute Gasteiger partial charge is 0.471 e. The van der Waals surface area contributed by atoms with Gasteiger partial charge < -0.3 is 69.9 Å². The average Bonchev–Trinajstić information content (AvgIpc) is 0.692. The highest BCUT2D eigenvalue weighted by Gasteiger charge is 2.67. The summed E-state index contributed by atoms with van der Waals surface area (Å²) in [5, 5.41) is 21.0. The van der Waals surface area contributed by atoms with Gasteiger partial charge in [0.1, 0.15) is 52.2 Å². The van der Waals surface area contributed by atoms with E-state index in [1.165, 1.54) is 13.8 Å². The SMILES string of the molecule is CC(=O)OC1C(C)OC(C)CC1(C)O.CC(=O)OC1C(C)OC(O[C@H]2C[C@H](O[Si](C)(C)C(C)(C)C)C(=O)c3c2c(C=O)c2cc(C)c(C=O)c4c2c3O[Si](C(C)(C)C)(C(C)(C)C)O4)CC1(C)O.COc1ccc(CO[C@H]2C[C@H](O[Si](C)(C)C(C)(C)C)C(=O)c3c2c(C=O)c2cc(C)c(C=O)c4c2c3O[Si](C(C)(C)C)(C(C)(C)C)O4)cc1. The third-order valence-electron chi connectivity index (χ3n) is 24.8. The largest absolute Gasteiger partial charge is 0.510 e. The molecule has 0 bridgehead atoms. The molecule has 23 nitrogen and oxygen atoms in total. The fourth-order valence-corrected chi connectivity index (χ4v) is 29.0. The van der Waals surface area contributed by atoms with Crippen LogP contribution in [0.2, 0.25) is 56.4 Å². The number of aliphatic hydroxyl groups is 2. The van der Waals surface area contributed by atoms with Crippen molar-refractivity contribution in [1.29, 1.82) is 0 Å². The van der Waals surface area contributed by atoms with Gasteiger partial charge in [0.25, 0.3) is 0 Å². The summed E-state index contributed by atoms with van der Waals surface area (Å²) in [6.07, 6.45) is -3.09. The van der Waals surface area contributed by atoms with Crippen molar-refractivity contribution < 1.29 is 108 Å². The Hall–Kier alpha value is -6.87. The zero-order chi connectivity index (χ0) is 87.4. The predicted octanol–water partition coefficient (Wildman–Crippen LogP) is 19.1. The molecular weight excluding hydrogens is 1550 g/mol. The van der Waals surface area contributed by atoms with Crippen LogP contribution in [0.25, 0.3) is 21.5 Å². The standard InChI is InChI=1S/C40H58O11Si2.C39H52O8Si2.C10H18O4/c1-21-16-24-26(20-42)30-27(48-29-18-40(13,45)36(22(2)46-29)47-23(3)43)17-28(49-52(14,15)37(4,5)6)33(44)32(30)35-31(24)34(25(21)19-41)50-53(51-35,38(7,8)9)39(10,11)12;1-23-18-26-28(21-41)31-29(44-22-24-14-16-25(43-11)17-15-24)19-30(45-48(12,13)37(2,3)4)34(42)33(31)36-32(26)35(27(23)20-40)46-49(47-36,38(5,6)7)39(8,9)10;1-6-5-10(4,12)9(7(2)13-6)14-8(3)11/h16,19-20,22,27-29,36,45H,17-18H2,1-15H3;14-18,20-21,29-30H,19,22H2,1-13H3;6-7,9,12H,5H2,1-4H3/t22?,27-,28-,29?,36?,40?;29-,30-;/m00./s1. The first-order valence-corrected chi connectivity index (χ1v) is 49.9. The van der Waals surface area contributed by atoms with Crippen molar-refractivity contribution in [2.45, 2.75) is 348 Å². The zero-order valence-corrected chi connectivity index (χ0v) is 78.6. The van der Waals surface area contributed by atoms with Gasteiger partial charge in [-0.25, -0.2) is 0 Å². The number of fused-ring (bicyclic) bond motifs is 4. The molecule has 27 heteroatoms. The number of ether oxygens (including phenoxy) is 7. The normalized spacial score (nSPS) is 25.8. The lowest BCUT2D eigenvalue weighted by molar-refractivity contribution is -0.288. The molecule has 8 unspecified atom stereocenters. The Labute approximate surface area is 689 Å². The maximum absolute atomic E-state index is 15.1. The van der Waals surface area contributed by atoms with Crippen LogP contribution in [-0.2, 0) is 53.5 Å². The number of hydrogen-bond acceptors (Lipinski definition) is 23. The molecule has 5 aromatic rings. The van der Waals surface area contributed by atoms with E-state index in [0.717, 1.165) is 30.2 Å². The van der Waals surface area contributed by atoms with Gasteiger partial charge in [0.15, 0.2) is 71.8 Å². The molecule has 0 saturated carbocycles. The summed E-state index contributed by atoms with van der Waals surface area (Å²) in [5.74, 6) is 0.546. The summed E-state index contributed by atoms with van der Waals surface area (Å²) in [6, 6.07) is 11.2. The number of aryl methyl sites for hydroxylation is 2. The molecule has 116 heavy (non-hydrogen) atoms. The van der Waals surface area contributed by atoms with E-state index in [2.05, 4.69) is 109 Å². The average molecular weight is 1680 g/mol. The lowest BCUT2D eigenvalue weighted by Gasteiger charge is -2.51. The first-order chi connectivity index (χ1) is 53.1. The Balaban J connectivity index is 0.000000227. The summed E-state index contributed by atoms with van der Waals surface area (Å²) < 4.78 is 83.4. The number of rotatable bonds is 16. The van der Waals surface area contributed by atoms with Crippen molar-refractivity contribution >= 4 is 104 Å². The van der Waals surface area contributed by atoms with Gasteiger partial charge in [-0.2, -0.15) is 0 Å². The molecule has 4 aliphatic heterocycles. The number of ketones is 2. The number of carbonyl (C=O) groups is 8. The molecule has 6 aliphatic rings. The van der Waals surface area contributed by atoms with Crippen LogP contribution in [-0.4, -0.2) is 160 Å². The summed E-state index contributed by atoms with van der Waals surface area (Å²) in [6.45, 7) is 61.0. The van der Waals surface area contributed by atoms with Crippen LogP contribution in [0.15, 0.2) is 36.4 Å². The van der Waals surface area contributed by atoms with Crippen molar-refractivity contribution in [3.8, 4) is 28.7 Å². The third-order valence-corrected chi connectivity index (χ3v) is 43.7. The number of hydrogen-bond donors (Lipinski definition) is 2. The van der Waals surface area contributed by atoms with Crippen LogP contribution in [0.4, 0.5) is 0 Å². The van der Waals surface area contributed by atoms with Crippen molar-refractivity contribution in [2.24, 2.45) is 0 Å². The Morgan fingerprint density at radius 2 is 0.879 bits per heavy atom. The van der Waals surface area contributed by atoms with Gasteiger partial charge in [-0.3, -0.25) is 38.4 Å². The van der Waals surface area contributed by atoms with E-state index in [4.69, 9.17) is 59.7 Å². The third kappa shape index (κ3) is 17.3. The molecule has 0 radical (unpaired) electrons. The molecule has 2 fully saturated rings. The van der Waals surface area contributed by atoms with Crippen molar-refractivity contribution in [3.63, 3.8) is 0 Å². The molecule has 4 heterocycles. The zero-order valence-electron chi connectivity index (χ0n) is 74.6. The fraction of sp³-hybridized carbons (Fsp3) is 0.618. The summed E-state index contributed by atoms with van der Waals surface area (Å²) in [5.41, 5.74) is 2.29. The maximum atomic E-state index is 15.1. The number of esters is 2. The number of Topliss-reactive ketones (excluding diaryl/α,β-unsaturated/α-hetero) is 2. The Morgan fingerprint density at radius 1 is 0.526 bits per heavy atom. The lowest BCUT2D eigenvalue weighted by Crippen LogP contribution is -2.63. The topological polar surface area (TPSA) is 297 Å². The summed E-state index contributed by atoms with van der Waals surface area (Å²) in [7, 11) is -10.3. The highest BCUT2D eigenvalue weighted by Crippen LogP contribution is 2.63. The lowest BCUT2D eigenvalue weighted by atomic mass is 9.79. The molecule has 0 amide bonds.